The van der Waals surface area contributed by atoms with Gasteiger partial charge in [0.2, 0.25) is 6.79 Å². The van der Waals surface area contributed by atoms with E-state index in [0.29, 0.717) is 17.1 Å². The molecule has 0 bridgehead atoms. The first-order valence-electron chi connectivity index (χ1n) is 7.22. The van der Waals surface area contributed by atoms with Gasteiger partial charge in [-0.15, -0.1) is 0 Å². The summed E-state index contributed by atoms with van der Waals surface area (Å²) >= 11 is 0. The molecule has 0 aromatic heterocycles. The first kappa shape index (κ1) is 16.1. The highest BCUT2D eigenvalue weighted by Crippen LogP contribution is 2.64. The number of fused-ring (bicyclic) bond motifs is 1. The van der Waals surface area contributed by atoms with Crippen LogP contribution in [0.3, 0.4) is 0 Å². The standard InChI is InChI=1S/C15H18O7S/c1-3-23(18,19)13-12(15(13,7-20-2)14(16)17)9-4-5-10-11(6-9)22-8-21-10/h4-6,12-13H,3,7-8H2,1-2H3,(H,16,17)/t12-,13+,15+/m0/s1. The van der Waals surface area contributed by atoms with E-state index in [1.165, 1.54) is 14.0 Å². The Morgan fingerprint density at radius 2 is 2.09 bits per heavy atom. The van der Waals surface area contributed by atoms with Gasteiger partial charge in [-0.3, -0.25) is 4.79 Å². The maximum atomic E-state index is 12.4. The number of carboxylic acid groups (broad SMARTS) is 1. The molecule has 1 heterocycles. The van der Waals surface area contributed by atoms with Crippen molar-refractivity contribution in [1.82, 2.24) is 0 Å². The third-order valence-electron chi connectivity index (χ3n) is 4.58. The van der Waals surface area contributed by atoms with E-state index in [1.54, 1.807) is 18.2 Å². The van der Waals surface area contributed by atoms with Gasteiger partial charge in [0.25, 0.3) is 0 Å². The van der Waals surface area contributed by atoms with Crippen molar-refractivity contribution in [1.29, 1.82) is 0 Å². The van der Waals surface area contributed by atoms with E-state index in [0.717, 1.165) is 0 Å². The van der Waals surface area contributed by atoms with Gasteiger partial charge in [0, 0.05) is 18.8 Å². The molecule has 1 aromatic carbocycles. The Morgan fingerprint density at radius 1 is 1.39 bits per heavy atom. The Kier molecular flexibility index (Phi) is 3.76. The molecule has 0 spiro atoms. The van der Waals surface area contributed by atoms with Crippen LogP contribution in [0.4, 0.5) is 0 Å². The lowest BCUT2D eigenvalue weighted by Gasteiger charge is -2.11. The fourth-order valence-corrected chi connectivity index (χ4v) is 5.47. The molecule has 1 aliphatic heterocycles. The Hall–Kier alpha value is -1.80. The van der Waals surface area contributed by atoms with Crippen molar-refractivity contribution >= 4 is 15.8 Å². The molecule has 23 heavy (non-hydrogen) atoms. The van der Waals surface area contributed by atoms with Crippen LogP contribution in [0.15, 0.2) is 18.2 Å². The van der Waals surface area contributed by atoms with Crippen LogP contribution >= 0.6 is 0 Å². The van der Waals surface area contributed by atoms with Crippen molar-refractivity contribution in [3.63, 3.8) is 0 Å². The second-order valence-electron chi connectivity index (χ2n) is 5.74. The zero-order valence-electron chi connectivity index (χ0n) is 12.8. The summed E-state index contributed by atoms with van der Waals surface area (Å²) in [6.07, 6.45) is 0. The molecule has 7 nitrogen and oxygen atoms in total. The van der Waals surface area contributed by atoms with E-state index in [2.05, 4.69) is 0 Å². The summed E-state index contributed by atoms with van der Waals surface area (Å²) in [5.74, 6) is -0.878. The van der Waals surface area contributed by atoms with E-state index < -0.39 is 32.4 Å². The van der Waals surface area contributed by atoms with Crippen molar-refractivity contribution < 1.29 is 32.5 Å². The SMILES string of the molecule is CCS(=O)(=O)[C@@H]1[C@H](c2ccc3c(c2)OCO3)[C@@]1(COC)C(=O)O. The highest BCUT2D eigenvalue weighted by atomic mass is 32.2. The number of carbonyl (C=O) groups is 1. The lowest BCUT2D eigenvalue weighted by Crippen LogP contribution is -2.29. The van der Waals surface area contributed by atoms with E-state index >= 15 is 0 Å². The van der Waals surface area contributed by atoms with Crippen LogP contribution in [0.2, 0.25) is 0 Å². The van der Waals surface area contributed by atoms with Gasteiger partial charge in [-0.2, -0.15) is 0 Å². The van der Waals surface area contributed by atoms with Gasteiger partial charge in [0.05, 0.1) is 11.9 Å². The number of aliphatic carboxylic acids is 1. The number of ether oxygens (including phenoxy) is 3. The van der Waals surface area contributed by atoms with Gasteiger partial charge in [-0.25, -0.2) is 8.42 Å². The summed E-state index contributed by atoms with van der Waals surface area (Å²) in [5.41, 5.74) is -0.854. The van der Waals surface area contributed by atoms with Crippen molar-refractivity contribution in [3.05, 3.63) is 23.8 Å². The lowest BCUT2D eigenvalue weighted by molar-refractivity contribution is -0.145. The Labute approximate surface area is 134 Å². The van der Waals surface area contributed by atoms with Gasteiger partial charge >= 0.3 is 5.97 Å². The number of benzene rings is 1. The van der Waals surface area contributed by atoms with Crippen LogP contribution in [0.1, 0.15) is 18.4 Å². The summed E-state index contributed by atoms with van der Waals surface area (Å²) in [6.45, 7) is 1.46. The first-order valence-corrected chi connectivity index (χ1v) is 8.93. The number of methoxy groups -OCH3 is 1. The van der Waals surface area contributed by atoms with Crippen LogP contribution in [0.25, 0.3) is 0 Å². The minimum absolute atomic E-state index is 0.0995. The Morgan fingerprint density at radius 3 is 2.70 bits per heavy atom. The second-order valence-corrected chi connectivity index (χ2v) is 8.15. The molecular formula is C15H18O7S. The van der Waals surface area contributed by atoms with Crippen LogP contribution in [-0.2, 0) is 19.4 Å². The highest BCUT2D eigenvalue weighted by molar-refractivity contribution is 7.92. The topological polar surface area (TPSA) is 99.1 Å². The zero-order chi connectivity index (χ0) is 16.8. The van der Waals surface area contributed by atoms with Crippen molar-refractivity contribution in [2.75, 3.05) is 26.3 Å². The first-order chi connectivity index (χ1) is 10.9. The zero-order valence-corrected chi connectivity index (χ0v) is 13.6. The van der Waals surface area contributed by atoms with Gasteiger partial charge in [0.1, 0.15) is 5.41 Å². The van der Waals surface area contributed by atoms with Crippen molar-refractivity contribution in [2.45, 2.75) is 18.1 Å². The molecule has 0 unspecified atom stereocenters. The highest BCUT2D eigenvalue weighted by Gasteiger charge is 2.75. The molecule has 3 rings (SSSR count). The molecule has 8 heteroatoms. The number of hydrogen-bond donors (Lipinski definition) is 1. The number of rotatable bonds is 6. The third-order valence-corrected chi connectivity index (χ3v) is 6.85. The van der Waals surface area contributed by atoms with Crippen LogP contribution in [-0.4, -0.2) is 51.0 Å². The molecular weight excluding hydrogens is 324 g/mol. The molecule has 1 aromatic rings. The monoisotopic (exact) mass is 342 g/mol. The molecule has 1 saturated carbocycles. The summed E-state index contributed by atoms with van der Waals surface area (Å²) in [7, 11) is -2.17. The average Bonchev–Trinajstić information content (AvgIpc) is 2.99. The number of carboxylic acids is 1. The van der Waals surface area contributed by atoms with E-state index in [9.17, 15) is 18.3 Å². The summed E-state index contributed by atoms with van der Waals surface area (Å²) in [6, 6.07) is 5.02. The molecule has 1 N–H and O–H groups in total. The van der Waals surface area contributed by atoms with Crippen molar-refractivity contribution in [2.24, 2.45) is 5.41 Å². The summed E-state index contributed by atoms with van der Waals surface area (Å²) < 4.78 is 40.4. The van der Waals surface area contributed by atoms with Crippen molar-refractivity contribution in [3.8, 4) is 11.5 Å². The summed E-state index contributed by atoms with van der Waals surface area (Å²) in [5, 5.41) is 8.69. The van der Waals surface area contributed by atoms with Crippen LogP contribution < -0.4 is 9.47 Å². The minimum Gasteiger partial charge on any atom is -0.481 e. The molecule has 0 saturated heterocycles. The summed E-state index contributed by atoms with van der Waals surface area (Å²) in [4.78, 5) is 11.9. The molecule has 3 atom stereocenters. The van der Waals surface area contributed by atoms with E-state index in [1.807, 2.05) is 0 Å². The van der Waals surface area contributed by atoms with Crippen LogP contribution in [0.5, 0.6) is 11.5 Å². The molecule has 1 aliphatic carbocycles. The molecule has 1 fully saturated rings. The van der Waals surface area contributed by atoms with Gasteiger partial charge in [-0.1, -0.05) is 13.0 Å². The molecule has 0 amide bonds. The Bertz CT molecular complexity index is 742. The number of hydrogen-bond acceptors (Lipinski definition) is 6. The molecule has 126 valence electrons. The second kappa shape index (κ2) is 5.38. The smallest absolute Gasteiger partial charge is 0.314 e. The largest absolute Gasteiger partial charge is 0.481 e. The quantitative estimate of drug-likeness (QED) is 0.824. The predicted octanol–water partition coefficient (Wildman–Crippen LogP) is 1.03. The minimum atomic E-state index is -3.54. The maximum absolute atomic E-state index is 12.4. The fraction of sp³-hybridized carbons (Fsp3) is 0.533. The van der Waals surface area contributed by atoms with Crippen LogP contribution in [0, 0.1) is 5.41 Å². The molecule has 0 radical (unpaired) electrons. The van der Waals surface area contributed by atoms with Gasteiger partial charge < -0.3 is 19.3 Å². The van der Waals surface area contributed by atoms with E-state index in [-0.39, 0.29) is 19.2 Å². The predicted molar refractivity (Wildman–Crippen MR) is 80.5 cm³/mol. The fourth-order valence-electron chi connectivity index (χ4n) is 3.42. The van der Waals surface area contributed by atoms with Gasteiger partial charge in [0.15, 0.2) is 21.3 Å². The van der Waals surface area contributed by atoms with E-state index in [4.69, 9.17) is 14.2 Å². The maximum Gasteiger partial charge on any atom is 0.314 e. The molecule has 2 aliphatic rings. The number of sulfone groups is 1. The van der Waals surface area contributed by atoms with Gasteiger partial charge in [-0.05, 0) is 17.7 Å². The average molecular weight is 342 g/mol. The third kappa shape index (κ3) is 2.28. The Balaban J connectivity index is 2.06. The normalized spacial score (nSPS) is 28.6. The lowest BCUT2D eigenvalue weighted by atomic mass is 9.99.